The average Bonchev–Trinajstić information content (AvgIpc) is 3.00. The van der Waals surface area contributed by atoms with E-state index in [1.807, 2.05) is 67.6 Å². The molecule has 1 amide bonds. The summed E-state index contributed by atoms with van der Waals surface area (Å²) in [6.45, 7) is 12.5. The molecule has 0 aromatic heterocycles. The largest absolute Gasteiger partial charge is 0.331 e. The number of amides is 1. The summed E-state index contributed by atoms with van der Waals surface area (Å²) in [6.07, 6.45) is 7.89. The fraction of sp³-hybridized carbons (Fsp3) is 0.459. The predicted octanol–water partition coefficient (Wildman–Crippen LogP) is 8.11. The average molecular weight is 553 g/mol. The first kappa shape index (κ1) is 30.7. The van der Waals surface area contributed by atoms with Crippen molar-refractivity contribution in [1.82, 2.24) is 9.80 Å². The molecule has 4 nitrogen and oxygen atoms in total. The lowest BCUT2D eigenvalue weighted by atomic mass is 9.98. The number of benzene rings is 3. The molecular formula is C37H48N2O2. The van der Waals surface area contributed by atoms with Gasteiger partial charge in [0, 0.05) is 42.4 Å². The molecule has 1 saturated heterocycles. The highest BCUT2D eigenvalue weighted by atomic mass is 16.2. The Morgan fingerprint density at radius 2 is 1.37 bits per heavy atom. The van der Waals surface area contributed by atoms with Gasteiger partial charge in [-0.1, -0.05) is 99.8 Å². The summed E-state index contributed by atoms with van der Waals surface area (Å²) in [4.78, 5) is 31.6. The standard InChI is InChI=1S/C37H48N2O2/c1-5-6-7-8-30-11-19-34(20-12-30)37(41)39(35-22-25-38(26-23-35)24-21-28(2)3)27-31-13-17-33(18-14-31)36(40)32-15-9-29(4)10-16-32/h9-20,28,35H,5-8,21-27H2,1-4H3. The molecule has 1 aliphatic rings. The number of hydrogen-bond donors (Lipinski definition) is 0. The number of unbranched alkanes of at least 4 members (excludes halogenated alkanes) is 2. The lowest BCUT2D eigenvalue weighted by Gasteiger charge is -2.39. The van der Waals surface area contributed by atoms with E-state index in [4.69, 9.17) is 0 Å². The van der Waals surface area contributed by atoms with E-state index in [0.717, 1.165) is 55.6 Å². The Labute approximate surface area is 247 Å². The third kappa shape index (κ3) is 8.87. The van der Waals surface area contributed by atoms with Gasteiger partial charge in [0.05, 0.1) is 0 Å². The Hall–Kier alpha value is -3.24. The van der Waals surface area contributed by atoms with Crippen LogP contribution in [0.25, 0.3) is 0 Å². The Balaban J connectivity index is 1.48. The van der Waals surface area contributed by atoms with Gasteiger partial charge in [-0.15, -0.1) is 0 Å². The Morgan fingerprint density at radius 1 is 0.805 bits per heavy atom. The van der Waals surface area contributed by atoms with E-state index in [1.165, 1.54) is 31.2 Å². The van der Waals surface area contributed by atoms with Crippen LogP contribution in [0.5, 0.6) is 0 Å². The molecule has 0 radical (unpaired) electrons. The van der Waals surface area contributed by atoms with Gasteiger partial charge >= 0.3 is 0 Å². The lowest BCUT2D eigenvalue weighted by molar-refractivity contribution is 0.0546. The summed E-state index contributed by atoms with van der Waals surface area (Å²) in [5.41, 5.74) is 5.62. The zero-order valence-electron chi connectivity index (χ0n) is 25.6. The fourth-order valence-electron chi connectivity index (χ4n) is 5.65. The van der Waals surface area contributed by atoms with Gasteiger partial charge in [-0.3, -0.25) is 9.59 Å². The number of rotatable bonds is 13. The molecule has 4 heteroatoms. The molecule has 0 unspecified atom stereocenters. The van der Waals surface area contributed by atoms with E-state index in [1.54, 1.807) is 0 Å². The summed E-state index contributed by atoms with van der Waals surface area (Å²) in [6, 6.07) is 24.0. The molecular weight excluding hydrogens is 504 g/mol. The highest BCUT2D eigenvalue weighted by molar-refractivity contribution is 6.09. The van der Waals surface area contributed by atoms with Gasteiger partial charge in [-0.05, 0) is 74.8 Å². The van der Waals surface area contributed by atoms with Crippen molar-refractivity contribution in [2.75, 3.05) is 19.6 Å². The normalized spacial score (nSPS) is 14.4. The number of piperidine rings is 1. The van der Waals surface area contributed by atoms with Crippen LogP contribution in [-0.2, 0) is 13.0 Å². The summed E-state index contributed by atoms with van der Waals surface area (Å²) < 4.78 is 0. The molecule has 41 heavy (non-hydrogen) atoms. The van der Waals surface area contributed by atoms with Gasteiger partial charge in [-0.25, -0.2) is 0 Å². The second kappa shape index (κ2) is 15.1. The van der Waals surface area contributed by atoms with E-state index in [9.17, 15) is 9.59 Å². The zero-order valence-corrected chi connectivity index (χ0v) is 25.6. The molecule has 0 aliphatic carbocycles. The topological polar surface area (TPSA) is 40.6 Å². The van der Waals surface area contributed by atoms with Crippen LogP contribution in [0.2, 0.25) is 0 Å². The number of carbonyl (C=O) groups excluding carboxylic acids is 2. The van der Waals surface area contributed by atoms with Gasteiger partial charge in [0.25, 0.3) is 5.91 Å². The SMILES string of the molecule is CCCCCc1ccc(C(=O)N(Cc2ccc(C(=O)c3ccc(C)cc3)cc2)C2CCN(CCC(C)C)CC2)cc1. The zero-order chi connectivity index (χ0) is 29.2. The maximum Gasteiger partial charge on any atom is 0.254 e. The number of carbonyl (C=O) groups is 2. The van der Waals surface area contributed by atoms with Gasteiger partial charge < -0.3 is 9.80 Å². The maximum absolute atomic E-state index is 14.0. The van der Waals surface area contributed by atoms with Gasteiger partial charge in [0.1, 0.15) is 0 Å². The van der Waals surface area contributed by atoms with Gasteiger partial charge in [-0.2, -0.15) is 0 Å². The van der Waals surface area contributed by atoms with Crippen LogP contribution in [0.15, 0.2) is 72.8 Å². The molecule has 0 atom stereocenters. The molecule has 3 aromatic rings. The summed E-state index contributed by atoms with van der Waals surface area (Å²) in [5, 5.41) is 0. The number of ketones is 1. The van der Waals surface area contributed by atoms with Crippen molar-refractivity contribution in [1.29, 1.82) is 0 Å². The smallest absolute Gasteiger partial charge is 0.254 e. The van der Waals surface area contributed by atoms with E-state index < -0.39 is 0 Å². The highest BCUT2D eigenvalue weighted by Crippen LogP contribution is 2.23. The Bertz CT molecular complexity index is 1240. The second-order valence-electron chi connectivity index (χ2n) is 12.2. The van der Waals surface area contributed by atoms with Crippen LogP contribution in [0, 0.1) is 12.8 Å². The van der Waals surface area contributed by atoms with E-state index in [0.29, 0.717) is 23.6 Å². The van der Waals surface area contributed by atoms with E-state index in [-0.39, 0.29) is 17.7 Å². The number of aryl methyl sites for hydroxylation is 2. The van der Waals surface area contributed by atoms with Gasteiger partial charge in [0.2, 0.25) is 0 Å². The van der Waals surface area contributed by atoms with Gasteiger partial charge in [0.15, 0.2) is 5.78 Å². The molecule has 1 fully saturated rings. The third-order valence-corrected chi connectivity index (χ3v) is 8.43. The molecule has 1 aliphatic heterocycles. The van der Waals surface area contributed by atoms with Crippen molar-refractivity contribution < 1.29 is 9.59 Å². The van der Waals surface area contributed by atoms with E-state index >= 15 is 0 Å². The van der Waals surface area contributed by atoms with Crippen molar-refractivity contribution in [3.63, 3.8) is 0 Å². The van der Waals surface area contributed by atoms with Crippen LogP contribution in [0.3, 0.4) is 0 Å². The summed E-state index contributed by atoms with van der Waals surface area (Å²) in [7, 11) is 0. The van der Waals surface area contributed by atoms with Crippen molar-refractivity contribution in [3.05, 3.63) is 106 Å². The minimum Gasteiger partial charge on any atom is -0.331 e. The van der Waals surface area contributed by atoms with Crippen LogP contribution in [0.4, 0.5) is 0 Å². The first-order valence-corrected chi connectivity index (χ1v) is 15.7. The molecule has 0 spiro atoms. The van der Waals surface area contributed by atoms with Crippen molar-refractivity contribution >= 4 is 11.7 Å². The first-order chi connectivity index (χ1) is 19.8. The summed E-state index contributed by atoms with van der Waals surface area (Å²) in [5.74, 6) is 0.833. The Kier molecular flexibility index (Phi) is 11.3. The molecule has 0 N–H and O–H groups in total. The third-order valence-electron chi connectivity index (χ3n) is 8.43. The molecule has 218 valence electrons. The lowest BCUT2D eigenvalue weighted by Crippen LogP contribution is -2.47. The maximum atomic E-state index is 14.0. The number of nitrogens with zero attached hydrogens (tertiary/aromatic N) is 2. The number of hydrogen-bond acceptors (Lipinski definition) is 3. The monoisotopic (exact) mass is 552 g/mol. The first-order valence-electron chi connectivity index (χ1n) is 15.7. The minimum atomic E-state index is 0.0253. The van der Waals surface area contributed by atoms with Crippen molar-refractivity contribution in [3.8, 4) is 0 Å². The van der Waals surface area contributed by atoms with Crippen LogP contribution in [0.1, 0.15) is 102 Å². The molecule has 0 bridgehead atoms. The highest BCUT2D eigenvalue weighted by Gasteiger charge is 2.29. The molecule has 4 rings (SSSR count). The fourth-order valence-corrected chi connectivity index (χ4v) is 5.65. The van der Waals surface area contributed by atoms with Crippen molar-refractivity contribution in [2.45, 2.75) is 85.2 Å². The molecule has 3 aromatic carbocycles. The summed E-state index contributed by atoms with van der Waals surface area (Å²) >= 11 is 0. The minimum absolute atomic E-state index is 0.0253. The van der Waals surface area contributed by atoms with Crippen molar-refractivity contribution in [2.24, 2.45) is 5.92 Å². The predicted molar refractivity (Wildman–Crippen MR) is 170 cm³/mol. The number of likely N-dealkylation sites (tertiary alicyclic amines) is 1. The van der Waals surface area contributed by atoms with Crippen LogP contribution >= 0.6 is 0 Å². The second-order valence-corrected chi connectivity index (χ2v) is 12.2. The quantitative estimate of drug-likeness (QED) is 0.159. The molecule has 1 heterocycles. The van der Waals surface area contributed by atoms with Crippen LogP contribution in [-0.4, -0.2) is 47.2 Å². The van der Waals surface area contributed by atoms with Crippen LogP contribution < -0.4 is 0 Å². The Morgan fingerprint density at radius 3 is 1.95 bits per heavy atom. The molecule has 0 saturated carbocycles. The van der Waals surface area contributed by atoms with E-state index in [2.05, 4.69) is 42.7 Å².